The Morgan fingerprint density at radius 1 is 1.13 bits per heavy atom. The van der Waals surface area contributed by atoms with Crippen LogP contribution >= 0.6 is 0 Å². The highest BCUT2D eigenvalue weighted by molar-refractivity contribution is 5.96. The zero-order valence-electron chi connectivity index (χ0n) is 13.5. The van der Waals surface area contributed by atoms with Crippen molar-refractivity contribution in [3.05, 3.63) is 35.9 Å². The first-order valence-corrected chi connectivity index (χ1v) is 8.67. The van der Waals surface area contributed by atoms with Gasteiger partial charge in [-0.2, -0.15) is 0 Å². The molecule has 1 saturated heterocycles. The van der Waals surface area contributed by atoms with Gasteiger partial charge in [0.25, 0.3) is 0 Å². The number of aliphatic hydroxyl groups is 1. The lowest BCUT2D eigenvalue weighted by Gasteiger charge is -2.29. The normalized spacial score (nSPS) is 23.2. The number of ketones is 1. The first-order valence-electron chi connectivity index (χ1n) is 8.67. The van der Waals surface area contributed by atoms with E-state index in [9.17, 15) is 14.7 Å². The Balaban J connectivity index is 1.61. The Labute approximate surface area is 137 Å². The van der Waals surface area contributed by atoms with Crippen molar-refractivity contribution in [2.45, 2.75) is 63.0 Å². The molecule has 1 unspecified atom stereocenters. The monoisotopic (exact) mass is 315 g/mol. The summed E-state index contributed by atoms with van der Waals surface area (Å²) in [6.45, 7) is 0.710. The molecule has 1 amide bonds. The van der Waals surface area contributed by atoms with Crippen molar-refractivity contribution in [1.82, 2.24) is 4.90 Å². The summed E-state index contributed by atoms with van der Waals surface area (Å²) in [5.74, 6) is 0.104. The third-order valence-electron chi connectivity index (χ3n) is 5.23. The molecule has 0 radical (unpaired) electrons. The lowest BCUT2D eigenvalue weighted by Crippen LogP contribution is -2.41. The van der Waals surface area contributed by atoms with Crippen LogP contribution in [0.25, 0.3) is 0 Å². The Hall–Kier alpha value is -1.68. The van der Waals surface area contributed by atoms with Crippen molar-refractivity contribution in [2.24, 2.45) is 0 Å². The number of carbonyl (C=O) groups excluding carboxylic acids is 2. The summed E-state index contributed by atoms with van der Waals surface area (Å²) in [4.78, 5) is 26.8. The number of amides is 1. The van der Waals surface area contributed by atoms with E-state index in [1.54, 1.807) is 0 Å². The fraction of sp³-hybridized carbons (Fsp3) is 0.579. The van der Waals surface area contributed by atoms with E-state index in [0.29, 0.717) is 18.5 Å². The maximum absolute atomic E-state index is 12.6. The maximum Gasteiger partial charge on any atom is 0.225 e. The molecule has 1 aliphatic heterocycles. The number of benzene rings is 1. The van der Waals surface area contributed by atoms with Crippen LogP contribution < -0.4 is 0 Å². The summed E-state index contributed by atoms with van der Waals surface area (Å²) in [7, 11) is 0. The van der Waals surface area contributed by atoms with Gasteiger partial charge < -0.3 is 10.0 Å². The van der Waals surface area contributed by atoms with E-state index in [-0.39, 0.29) is 24.2 Å². The lowest BCUT2D eigenvalue weighted by molar-refractivity contribution is -0.137. The Morgan fingerprint density at radius 3 is 2.52 bits per heavy atom. The molecule has 2 fully saturated rings. The van der Waals surface area contributed by atoms with Gasteiger partial charge in [-0.3, -0.25) is 9.59 Å². The molecule has 4 nitrogen and oxygen atoms in total. The first-order chi connectivity index (χ1) is 11.1. The van der Waals surface area contributed by atoms with E-state index < -0.39 is 5.60 Å². The van der Waals surface area contributed by atoms with Crippen LogP contribution in [0.4, 0.5) is 0 Å². The summed E-state index contributed by atoms with van der Waals surface area (Å²) in [6.07, 6.45) is 5.86. The highest BCUT2D eigenvalue weighted by atomic mass is 16.3. The van der Waals surface area contributed by atoms with E-state index >= 15 is 0 Å². The summed E-state index contributed by atoms with van der Waals surface area (Å²) in [5.41, 5.74) is -0.102. The van der Waals surface area contributed by atoms with E-state index in [1.165, 1.54) is 0 Å². The van der Waals surface area contributed by atoms with Gasteiger partial charge in [0.1, 0.15) is 0 Å². The largest absolute Gasteiger partial charge is 0.389 e. The fourth-order valence-corrected chi connectivity index (χ4v) is 3.93. The van der Waals surface area contributed by atoms with Gasteiger partial charge in [0.05, 0.1) is 12.0 Å². The number of carbonyl (C=O) groups is 2. The lowest BCUT2D eigenvalue weighted by atomic mass is 9.96. The Bertz CT molecular complexity index is 563. The van der Waals surface area contributed by atoms with Crippen LogP contribution in [-0.4, -0.2) is 39.9 Å². The number of Topliss-reactive ketones (excluding diaryl/α,β-unsaturated/α-hetero) is 1. The average molecular weight is 315 g/mol. The topological polar surface area (TPSA) is 57.6 Å². The molecule has 0 bridgehead atoms. The summed E-state index contributed by atoms with van der Waals surface area (Å²) in [6, 6.07) is 9.25. The third kappa shape index (κ3) is 3.81. The molecule has 23 heavy (non-hydrogen) atoms. The van der Waals surface area contributed by atoms with Gasteiger partial charge >= 0.3 is 0 Å². The minimum atomic E-state index is -0.812. The zero-order valence-corrected chi connectivity index (χ0v) is 13.5. The second-order valence-corrected chi connectivity index (χ2v) is 6.98. The fourth-order valence-electron chi connectivity index (χ4n) is 3.93. The quantitative estimate of drug-likeness (QED) is 0.850. The average Bonchev–Trinajstić information content (AvgIpc) is 3.17. The Kier molecular flexibility index (Phi) is 4.81. The minimum Gasteiger partial charge on any atom is -0.389 e. The van der Waals surface area contributed by atoms with Crippen LogP contribution in [0.1, 0.15) is 61.7 Å². The molecule has 2 aliphatic rings. The molecule has 3 rings (SSSR count). The number of hydrogen-bond acceptors (Lipinski definition) is 3. The molecule has 0 aromatic heterocycles. The molecule has 1 atom stereocenters. The van der Waals surface area contributed by atoms with Gasteiger partial charge in [-0.15, -0.1) is 0 Å². The van der Waals surface area contributed by atoms with Gasteiger partial charge in [0, 0.05) is 24.6 Å². The first kappa shape index (κ1) is 16.2. The second-order valence-electron chi connectivity index (χ2n) is 6.98. The smallest absolute Gasteiger partial charge is 0.225 e. The van der Waals surface area contributed by atoms with E-state index in [2.05, 4.69) is 0 Å². The molecule has 1 N–H and O–H groups in total. The number of nitrogens with zero attached hydrogens (tertiary/aromatic N) is 1. The van der Waals surface area contributed by atoms with E-state index in [0.717, 1.165) is 38.5 Å². The third-order valence-corrected chi connectivity index (χ3v) is 5.23. The number of hydrogen-bond donors (Lipinski definition) is 1. The van der Waals surface area contributed by atoms with Crippen molar-refractivity contribution in [1.29, 1.82) is 0 Å². The molecule has 1 aromatic carbocycles. The van der Waals surface area contributed by atoms with Crippen LogP contribution in [0.15, 0.2) is 30.3 Å². The van der Waals surface area contributed by atoms with Crippen LogP contribution in [0, 0.1) is 0 Å². The number of rotatable bonds is 5. The van der Waals surface area contributed by atoms with Crippen molar-refractivity contribution in [2.75, 3.05) is 6.54 Å². The maximum atomic E-state index is 12.6. The van der Waals surface area contributed by atoms with Crippen LogP contribution in [0.2, 0.25) is 0 Å². The van der Waals surface area contributed by atoms with Crippen molar-refractivity contribution < 1.29 is 14.7 Å². The summed E-state index contributed by atoms with van der Waals surface area (Å²) >= 11 is 0. The van der Waals surface area contributed by atoms with Gasteiger partial charge in [-0.1, -0.05) is 43.2 Å². The molecule has 1 saturated carbocycles. The van der Waals surface area contributed by atoms with E-state index in [4.69, 9.17) is 0 Å². The Morgan fingerprint density at radius 2 is 1.83 bits per heavy atom. The SMILES string of the molecule is O=C(CC1CCCN1C(=O)CC1(O)CCCC1)c1ccccc1. The molecule has 4 heteroatoms. The summed E-state index contributed by atoms with van der Waals surface area (Å²) < 4.78 is 0. The molecular formula is C19H25NO3. The molecule has 1 heterocycles. The van der Waals surface area contributed by atoms with Crippen LogP contribution in [0.3, 0.4) is 0 Å². The predicted octanol–water partition coefficient (Wildman–Crippen LogP) is 2.95. The standard InChI is InChI=1S/C19H25NO3/c21-17(15-7-2-1-3-8-15)13-16-9-6-12-20(16)18(22)14-19(23)10-4-5-11-19/h1-3,7-8,16,23H,4-6,9-14H2. The zero-order chi connectivity index (χ0) is 16.3. The predicted molar refractivity (Wildman–Crippen MR) is 88.2 cm³/mol. The highest BCUT2D eigenvalue weighted by Crippen LogP contribution is 2.34. The molecule has 1 aromatic rings. The van der Waals surface area contributed by atoms with Crippen LogP contribution in [0.5, 0.6) is 0 Å². The molecule has 124 valence electrons. The van der Waals surface area contributed by atoms with Gasteiger partial charge in [0.15, 0.2) is 5.78 Å². The highest BCUT2D eigenvalue weighted by Gasteiger charge is 2.38. The van der Waals surface area contributed by atoms with Gasteiger partial charge in [0.2, 0.25) is 5.91 Å². The minimum absolute atomic E-state index is 0.0118. The summed E-state index contributed by atoms with van der Waals surface area (Å²) in [5, 5.41) is 10.5. The van der Waals surface area contributed by atoms with Crippen LogP contribution in [-0.2, 0) is 4.79 Å². The number of likely N-dealkylation sites (tertiary alicyclic amines) is 1. The van der Waals surface area contributed by atoms with Gasteiger partial charge in [-0.05, 0) is 25.7 Å². The van der Waals surface area contributed by atoms with Crippen molar-refractivity contribution in [3.8, 4) is 0 Å². The van der Waals surface area contributed by atoms with E-state index in [1.807, 2.05) is 35.2 Å². The molecule has 1 aliphatic carbocycles. The van der Waals surface area contributed by atoms with Crippen molar-refractivity contribution >= 4 is 11.7 Å². The second kappa shape index (κ2) is 6.83. The molecular weight excluding hydrogens is 290 g/mol. The van der Waals surface area contributed by atoms with Gasteiger partial charge in [-0.25, -0.2) is 0 Å². The van der Waals surface area contributed by atoms with Crippen molar-refractivity contribution in [3.63, 3.8) is 0 Å². The molecule has 0 spiro atoms.